The van der Waals surface area contributed by atoms with Crippen molar-refractivity contribution >= 4 is 40.5 Å². The number of carboxylic acids is 1. The summed E-state index contributed by atoms with van der Waals surface area (Å²) in [7, 11) is 0. The lowest BCUT2D eigenvalue weighted by Gasteiger charge is -2.21. The first kappa shape index (κ1) is 27.3. The van der Waals surface area contributed by atoms with Crippen LogP contribution in [-0.2, 0) is 30.4 Å². The molecule has 2 aromatic rings. The number of primary amides is 1. The predicted molar refractivity (Wildman–Crippen MR) is 128 cm³/mol. The van der Waals surface area contributed by atoms with Crippen molar-refractivity contribution in [2.45, 2.75) is 51.2 Å². The molecule has 1 heterocycles. The van der Waals surface area contributed by atoms with Gasteiger partial charge in [-0.2, -0.15) is 0 Å². The van der Waals surface area contributed by atoms with E-state index in [1.165, 1.54) is 0 Å². The number of carboxylic acid groups (broad SMARTS) is 1. The number of aromatic amines is 1. The number of para-hydroxylation sites is 1. The average molecular weight is 489 g/mol. The number of fused-ring (bicyclic) bond motifs is 1. The predicted octanol–water partition coefficient (Wildman–Crippen LogP) is -0.870. The highest BCUT2D eigenvalue weighted by Crippen LogP contribution is 2.18. The molecule has 12 heteroatoms. The molecule has 1 aromatic carbocycles. The summed E-state index contributed by atoms with van der Waals surface area (Å²) in [5.74, 6) is -4.29. The van der Waals surface area contributed by atoms with Gasteiger partial charge in [0.2, 0.25) is 23.6 Å². The van der Waals surface area contributed by atoms with E-state index in [2.05, 4.69) is 20.9 Å². The molecule has 1 aromatic heterocycles. The third-order valence-electron chi connectivity index (χ3n) is 5.44. The smallest absolute Gasteiger partial charge is 0.326 e. The molecular formula is C23H32N6O6. The molecule has 0 fully saturated rings. The Morgan fingerprint density at radius 3 is 2.37 bits per heavy atom. The lowest BCUT2D eigenvalue weighted by Crippen LogP contribution is -2.54. The molecule has 9 N–H and O–H groups in total. The molecule has 0 bridgehead atoms. The minimum atomic E-state index is -1.20. The normalized spacial score (nSPS) is 13.6. The molecule has 3 unspecified atom stereocenters. The summed E-state index contributed by atoms with van der Waals surface area (Å²) in [6.07, 6.45) is 1.68. The lowest BCUT2D eigenvalue weighted by atomic mass is 10.0. The zero-order valence-corrected chi connectivity index (χ0v) is 19.7. The molecule has 0 aliphatic rings. The van der Waals surface area contributed by atoms with Crippen LogP contribution in [0.25, 0.3) is 10.9 Å². The number of aliphatic carboxylic acids is 1. The van der Waals surface area contributed by atoms with Crippen LogP contribution >= 0.6 is 0 Å². The zero-order valence-electron chi connectivity index (χ0n) is 19.7. The first-order chi connectivity index (χ1) is 16.5. The SMILES string of the molecule is CC(C)C(NC(=O)CNC(=O)C(CCC(N)=O)NC(=O)C(N)Cc1c[nH]c2ccccc12)C(=O)O. The van der Waals surface area contributed by atoms with E-state index in [0.717, 1.165) is 16.5 Å². The maximum absolute atomic E-state index is 12.7. The van der Waals surface area contributed by atoms with E-state index in [1.54, 1.807) is 20.0 Å². The number of amides is 4. The Balaban J connectivity index is 1.99. The molecular weight excluding hydrogens is 456 g/mol. The molecule has 12 nitrogen and oxygen atoms in total. The highest BCUT2D eigenvalue weighted by Gasteiger charge is 2.27. The van der Waals surface area contributed by atoms with E-state index in [1.807, 2.05) is 24.3 Å². The van der Waals surface area contributed by atoms with Crippen LogP contribution in [0.3, 0.4) is 0 Å². The standard InChI is InChI=1S/C23H32N6O6/c1-12(2)20(23(34)35)29-19(31)11-27-22(33)17(7-8-18(25)30)28-21(32)15(24)9-13-10-26-16-6-4-3-5-14(13)16/h3-6,10,12,15,17,20,26H,7-9,11,24H2,1-2H3,(H2,25,30)(H,27,33)(H,28,32)(H,29,31)(H,34,35). The molecule has 190 valence electrons. The van der Waals surface area contributed by atoms with Gasteiger partial charge in [-0.3, -0.25) is 19.2 Å². The Bertz CT molecular complexity index is 1080. The van der Waals surface area contributed by atoms with Crippen LogP contribution in [0, 0.1) is 5.92 Å². The van der Waals surface area contributed by atoms with E-state index < -0.39 is 54.3 Å². The first-order valence-corrected chi connectivity index (χ1v) is 11.2. The fraction of sp³-hybridized carbons (Fsp3) is 0.435. The van der Waals surface area contributed by atoms with Gasteiger partial charge in [-0.05, 0) is 30.4 Å². The van der Waals surface area contributed by atoms with Crippen LogP contribution in [0.5, 0.6) is 0 Å². The summed E-state index contributed by atoms with van der Waals surface area (Å²) in [4.78, 5) is 63.0. The fourth-order valence-corrected chi connectivity index (χ4v) is 3.49. The van der Waals surface area contributed by atoms with Crippen LogP contribution < -0.4 is 27.4 Å². The second-order valence-electron chi connectivity index (χ2n) is 8.58. The Labute approximate surface area is 202 Å². The second kappa shape index (κ2) is 12.5. The largest absolute Gasteiger partial charge is 0.480 e. The first-order valence-electron chi connectivity index (χ1n) is 11.2. The number of hydrogen-bond donors (Lipinski definition) is 7. The van der Waals surface area contributed by atoms with Gasteiger partial charge in [0, 0.05) is 23.5 Å². The van der Waals surface area contributed by atoms with Gasteiger partial charge in [0.05, 0.1) is 12.6 Å². The summed E-state index contributed by atoms with van der Waals surface area (Å²) >= 11 is 0. The monoisotopic (exact) mass is 488 g/mol. The number of rotatable bonds is 13. The van der Waals surface area contributed by atoms with E-state index >= 15 is 0 Å². The average Bonchev–Trinajstić information content (AvgIpc) is 3.20. The Morgan fingerprint density at radius 1 is 1.06 bits per heavy atom. The maximum Gasteiger partial charge on any atom is 0.326 e. The summed E-state index contributed by atoms with van der Waals surface area (Å²) < 4.78 is 0. The summed E-state index contributed by atoms with van der Waals surface area (Å²) in [5.41, 5.74) is 13.0. The van der Waals surface area contributed by atoms with Crippen molar-refractivity contribution in [3.8, 4) is 0 Å². The molecule has 0 aliphatic carbocycles. The van der Waals surface area contributed by atoms with Gasteiger partial charge in [-0.15, -0.1) is 0 Å². The number of aromatic nitrogens is 1. The van der Waals surface area contributed by atoms with Gasteiger partial charge in [-0.1, -0.05) is 32.0 Å². The van der Waals surface area contributed by atoms with E-state index in [-0.39, 0.29) is 25.2 Å². The molecule has 4 amide bonds. The van der Waals surface area contributed by atoms with Crippen molar-refractivity contribution < 1.29 is 29.1 Å². The second-order valence-corrected chi connectivity index (χ2v) is 8.58. The highest BCUT2D eigenvalue weighted by atomic mass is 16.4. The molecule has 35 heavy (non-hydrogen) atoms. The Kier molecular flexibility index (Phi) is 9.76. The lowest BCUT2D eigenvalue weighted by molar-refractivity contribution is -0.143. The number of H-pyrrole nitrogens is 1. The van der Waals surface area contributed by atoms with Crippen LogP contribution in [0.1, 0.15) is 32.3 Å². The third kappa shape index (κ3) is 8.10. The number of carbonyl (C=O) groups is 5. The van der Waals surface area contributed by atoms with Gasteiger partial charge < -0.3 is 37.5 Å². The summed E-state index contributed by atoms with van der Waals surface area (Å²) in [6, 6.07) is 4.26. The van der Waals surface area contributed by atoms with Crippen LogP contribution in [0.2, 0.25) is 0 Å². The molecule has 0 saturated heterocycles. The van der Waals surface area contributed by atoms with Gasteiger partial charge in [0.15, 0.2) is 0 Å². The van der Waals surface area contributed by atoms with Crippen LogP contribution in [0.15, 0.2) is 30.5 Å². The van der Waals surface area contributed by atoms with Crippen LogP contribution in [0.4, 0.5) is 0 Å². The van der Waals surface area contributed by atoms with Gasteiger partial charge in [0.25, 0.3) is 0 Å². The fourth-order valence-electron chi connectivity index (χ4n) is 3.49. The molecule has 0 spiro atoms. The Morgan fingerprint density at radius 2 is 1.74 bits per heavy atom. The van der Waals surface area contributed by atoms with E-state index in [4.69, 9.17) is 11.5 Å². The maximum atomic E-state index is 12.7. The van der Waals surface area contributed by atoms with Crippen molar-refractivity contribution in [1.29, 1.82) is 0 Å². The van der Waals surface area contributed by atoms with Crippen molar-refractivity contribution in [1.82, 2.24) is 20.9 Å². The van der Waals surface area contributed by atoms with Crippen molar-refractivity contribution in [3.63, 3.8) is 0 Å². The van der Waals surface area contributed by atoms with Gasteiger partial charge in [-0.25, -0.2) is 4.79 Å². The third-order valence-corrected chi connectivity index (χ3v) is 5.44. The summed E-state index contributed by atoms with van der Waals surface area (Å²) in [5, 5.41) is 17.3. The molecule has 0 radical (unpaired) electrons. The highest BCUT2D eigenvalue weighted by molar-refractivity contribution is 5.93. The molecule has 3 atom stereocenters. The number of hydrogen-bond acceptors (Lipinski definition) is 6. The summed E-state index contributed by atoms with van der Waals surface area (Å²) in [6.45, 7) is 2.75. The zero-order chi connectivity index (χ0) is 26.1. The van der Waals surface area contributed by atoms with Crippen molar-refractivity contribution in [2.24, 2.45) is 17.4 Å². The number of carbonyl (C=O) groups excluding carboxylic acids is 4. The quantitative estimate of drug-likeness (QED) is 0.189. The Hall–Kier alpha value is -3.93. The molecule has 2 rings (SSSR count). The number of nitrogens with one attached hydrogen (secondary N) is 4. The minimum Gasteiger partial charge on any atom is -0.480 e. The van der Waals surface area contributed by atoms with Crippen LogP contribution in [-0.4, -0.2) is 64.4 Å². The van der Waals surface area contributed by atoms with E-state index in [9.17, 15) is 29.1 Å². The molecule has 0 aliphatic heterocycles. The minimum absolute atomic E-state index is 0.0991. The van der Waals surface area contributed by atoms with Crippen molar-refractivity contribution in [3.05, 3.63) is 36.0 Å². The van der Waals surface area contributed by atoms with Crippen molar-refractivity contribution in [2.75, 3.05) is 6.54 Å². The topological polar surface area (TPSA) is 209 Å². The van der Waals surface area contributed by atoms with E-state index in [0.29, 0.717) is 0 Å². The number of nitrogens with two attached hydrogens (primary N) is 2. The van der Waals surface area contributed by atoms with Gasteiger partial charge >= 0.3 is 5.97 Å². The number of benzene rings is 1. The van der Waals surface area contributed by atoms with Gasteiger partial charge in [0.1, 0.15) is 12.1 Å². The molecule has 0 saturated carbocycles.